The lowest BCUT2D eigenvalue weighted by Crippen LogP contribution is -2.64. The molecule has 0 radical (unpaired) electrons. The molecule has 2 saturated heterocycles. The summed E-state index contributed by atoms with van der Waals surface area (Å²) in [6.07, 6.45) is -0.0929. The highest BCUT2D eigenvalue weighted by molar-refractivity contribution is 5.68. The minimum atomic E-state index is -3.09. The number of anilines is 2. The highest BCUT2D eigenvalue weighted by atomic mass is 19.3. The van der Waals surface area contributed by atoms with Gasteiger partial charge in [-0.2, -0.15) is 13.8 Å². The lowest BCUT2D eigenvalue weighted by atomic mass is 10.0. The van der Waals surface area contributed by atoms with Crippen molar-refractivity contribution in [1.29, 1.82) is 0 Å². The van der Waals surface area contributed by atoms with E-state index in [0.717, 1.165) is 0 Å². The maximum atomic E-state index is 14.4. The molecule has 4 aliphatic rings. The first-order valence-corrected chi connectivity index (χ1v) is 9.49. The van der Waals surface area contributed by atoms with E-state index < -0.39 is 30.4 Å². The molecule has 0 spiro atoms. The summed E-state index contributed by atoms with van der Waals surface area (Å²) in [5.74, 6) is -5.91. The maximum Gasteiger partial charge on any atom is 0.303 e. The quantitative estimate of drug-likeness (QED) is 0.784. The highest BCUT2D eigenvalue weighted by Gasteiger charge is 2.58. The lowest BCUT2D eigenvalue weighted by molar-refractivity contribution is -0.137. The third-order valence-corrected chi connectivity index (χ3v) is 6.81. The van der Waals surface area contributed by atoms with Crippen LogP contribution in [0.25, 0.3) is 0 Å². The normalized spacial score (nSPS) is 34.0. The number of alkyl halides is 4. The van der Waals surface area contributed by atoms with Gasteiger partial charge in [-0.05, 0) is 31.1 Å². The van der Waals surface area contributed by atoms with Crippen LogP contribution in [0.15, 0.2) is 0 Å². The van der Waals surface area contributed by atoms with Crippen molar-refractivity contribution in [3.8, 4) is 0 Å². The summed E-state index contributed by atoms with van der Waals surface area (Å²) >= 11 is 0. The SMILES string of the molecule is CC1N(c2nc(N3C[C@@H]4C(CC(=O)O)[C@@H]4C3)c3c(n2)C(F)(F)CC3)CC1(F)F. The highest BCUT2D eigenvalue weighted by Crippen LogP contribution is 2.55. The van der Waals surface area contributed by atoms with Crippen LogP contribution in [0.1, 0.15) is 31.0 Å². The number of hydrogen-bond donors (Lipinski definition) is 1. The second kappa shape index (κ2) is 5.48. The van der Waals surface area contributed by atoms with Crippen LogP contribution < -0.4 is 9.80 Å². The Balaban J connectivity index is 1.45. The molecule has 3 heterocycles. The molecule has 3 fully saturated rings. The van der Waals surface area contributed by atoms with Crippen molar-refractivity contribution in [3.05, 3.63) is 11.3 Å². The largest absolute Gasteiger partial charge is 0.481 e. The van der Waals surface area contributed by atoms with Crippen LogP contribution in [0.3, 0.4) is 0 Å². The zero-order valence-corrected chi connectivity index (χ0v) is 15.2. The summed E-state index contributed by atoms with van der Waals surface area (Å²) in [5, 5.41) is 8.96. The number of aliphatic carboxylic acids is 1. The number of fused-ring (bicyclic) bond motifs is 2. The van der Waals surface area contributed by atoms with E-state index in [1.807, 2.05) is 4.90 Å². The Labute approximate surface area is 158 Å². The number of rotatable bonds is 4. The lowest BCUT2D eigenvalue weighted by Gasteiger charge is -2.46. The number of hydrogen-bond acceptors (Lipinski definition) is 5. The molecule has 2 unspecified atom stereocenters. The average molecular weight is 400 g/mol. The Morgan fingerprint density at radius 3 is 2.46 bits per heavy atom. The average Bonchev–Trinajstić information content (AvgIpc) is 2.96. The van der Waals surface area contributed by atoms with Crippen LogP contribution in [-0.2, 0) is 17.1 Å². The third kappa shape index (κ3) is 2.49. The van der Waals surface area contributed by atoms with Gasteiger partial charge < -0.3 is 14.9 Å². The van der Waals surface area contributed by atoms with E-state index in [2.05, 4.69) is 9.97 Å². The van der Waals surface area contributed by atoms with E-state index in [1.165, 1.54) is 11.8 Å². The van der Waals surface area contributed by atoms with Gasteiger partial charge in [-0.3, -0.25) is 4.79 Å². The van der Waals surface area contributed by atoms with Gasteiger partial charge in [0, 0.05) is 31.5 Å². The first-order valence-electron chi connectivity index (χ1n) is 9.49. The Bertz CT molecular complexity index is 852. The molecule has 4 atom stereocenters. The molecule has 152 valence electrons. The molecule has 28 heavy (non-hydrogen) atoms. The molecular formula is C18H20F4N4O2. The van der Waals surface area contributed by atoms with Gasteiger partial charge in [-0.25, -0.2) is 13.8 Å². The van der Waals surface area contributed by atoms with E-state index in [-0.39, 0.29) is 48.7 Å². The molecule has 6 nitrogen and oxygen atoms in total. The monoisotopic (exact) mass is 400 g/mol. The van der Waals surface area contributed by atoms with Crippen molar-refractivity contribution in [1.82, 2.24) is 9.97 Å². The van der Waals surface area contributed by atoms with Crippen molar-refractivity contribution in [3.63, 3.8) is 0 Å². The van der Waals surface area contributed by atoms with Crippen LogP contribution >= 0.6 is 0 Å². The Kier molecular flexibility index (Phi) is 3.51. The first-order chi connectivity index (χ1) is 13.1. The van der Waals surface area contributed by atoms with Gasteiger partial charge in [-0.1, -0.05) is 0 Å². The summed E-state index contributed by atoms with van der Waals surface area (Å²) in [7, 11) is 0. The summed E-state index contributed by atoms with van der Waals surface area (Å²) in [5.41, 5.74) is 0.0438. The summed E-state index contributed by atoms with van der Waals surface area (Å²) in [6, 6.07) is -1.14. The predicted octanol–water partition coefficient (Wildman–Crippen LogP) is 2.52. The van der Waals surface area contributed by atoms with Crippen molar-refractivity contribution < 1.29 is 27.5 Å². The van der Waals surface area contributed by atoms with Crippen LogP contribution in [0, 0.1) is 17.8 Å². The van der Waals surface area contributed by atoms with Crippen LogP contribution in [-0.4, -0.2) is 52.6 Å². The Morgan fingerprint density at radius 1 is 1.21 bits per heavy atom. The second-order valence-electron chi connectivity index (χ2n) is 8.44. The maximum absolute atomic E-state index is 14.4. The van der Waals surface area contributed by atoms with Gasteiger partial charge >= 0.3 is 5.97 Å². The fourth-order valence-corrected chi connectivity index (χ4v) is 4.97. The predicted molar refractivity (Wildman–Crippen MR) is 90.9 cm³/mol. The topological polar surface area (TPSA) is 69.6 Å². The number of carbonyl (C=O) groups is 1. The van der Waals surface area contributed by atoms with Gasteiger partial charge in [0.2, 0.25) is 5.95 Å². The molecule has 2 aliphatic carbocycles. The van der Waals surface area contributed by atoms with Crippen molar-refractivity contribution in [2.24, 2.45) is 17.8 Å². The summed E-state index contributed by atoms with van der Waals surface area (Å²) < 4.78 is 55.9. The molecule has 1 saturated carbocycles. The molecule has 0 amide bonds. The van der Waals surface area contributed by atoms with Crippen molar-refractivity contribution >= 4 is 17.7 Å². The molecule has 1 aromatic rings. The molecule has 10 heteroatoms. The summed E-state index contributed by atoms with van der Waals surface area (Å²) in [6.45, 7) is 1.87. The zero-order chi connectivity index (χ0) is 20.0. The van der Waals surface area contributed by atoms with Crippen LogP contribution in [0.2, 0.25) is 0 Å². The van der Waals surface area contributed by atoms with Crippen LogP contribution in [0.5, 0.6) is 0 Å². The molecule has 5 rings (SSSR count). The van der Waals surface area contributed by atoms with Crippen molar-refractivity contribution in [2.75, 3.05) is 29.4 Å². The molecule has 1 aromatic heterocycles. The van der Waals surface area contributed by atoms with Gasteiger partial charge in [0.25, 0.3) is 11.8 Å². The number of nitrogens with zero attached hydrogens (tertiary/aromatic N) is 4. The number of carboxylic acids is 1. The Hall–Kier alpha value is -2.13. The fraction of sp³-hybridized carbons (Fsp3) is 0.722. The molecule has 0 aromatic carbocycles. The van der Waals surface area contributed by atoms with Gasteiger partial charge in [0.15, 0.2) is 0 Å². The van der Waals surface area contributed by atoms with Gasteiger partial charge in [-0.15, -0.1) is 0 Å². The number of aromatic nitrogens is 2. The molecule has 1 N–H and O–H groups in total. The van der Waals surface area contributed by atoms with E-state index in [1.54, 1.807) is 0 Å². The molecular weight excluding hydrogens is 380 g/mol. The molecule has 2 aliphatic heterocycles. The van der Waals surface area contributed by atoms with Gasteiger partial charge in [0.05, 0.1) is 12.6 Å². The second-order valence-corrected chi connectivity index (χ2v) is 8.44. The number of carboxylic acid groups (broad SMARTS) is 1. The van der Waals surface area contributed by atoms with E-state index in [0.29, 0.717) is 24.5 Å². The minimum Gasteiger partial charge on any atom is -0.481 e. The van der Waals surface area contributed by atoms with E-state index in [4.69, 9.17) is 5.11 Å². The van der Waals surface area contributed by atoms with E-state index in [9.17, 15) is 22.4 Å². The number of halogens is 4. The van der Waals surface area contributed by atoms with Gasteiger partial charge in [0.1, 0.15) is 11.5 Å². The Morgan fingerprint density at radius 2 is 1.89 bits per heavy atom. The smallest absolute Gasteiger partial charge is 0.303 e. The standard InChI is InChI=1S/C18H20F4N4O2/c1-8-18(21,22)7-26(8)16-23-14-9(2-3-17(14,19)20)15(24-16)25-5-11-10(4-13(27)28)12(11)6-25/h8,10-12H,2-7H2,1H3,(H,27,28)/t8?,10?,11-,12+. The van der Waals surface area contributed by atoms with Crippen LogP contribution in [0.4, 0.5) is 29.3 Å². The molecule has 0 bridgehead atoms. The first kappa shape index (κ1) is 17.9. The third-order valence-electron chi connectivity index (χ3n) is 6.81. The van der Waals surface area contributed by atoms with E-state index >= 15 is 0 Å². The number of piperidine rings is 1. The summed E-state index contributed by atoms with van der Waals surface area (Å²) in [4.78, 5) is 22.5. The zero-order valence-electron chi connectivity index (χ0n) is 15.2. The fourth-order valence-electron chi connectivity index (χ4n) is 4.97. The van der Waals surface area contributed by atoms with Crippen molar-refractivity contribution in [2.45, 2.75) is 44.1 Å². The minimum absolute atomic E-state index is 0.0728.